The summed E-state index contributed by atoms with van der Waals surface area (Å²) in [4.78, 5) is 12.2. The van der Waals surface area contributed by atoms with Gasteiger partial charge in [0.1, 0.15) is 0 Å². The van der Waals surface area contributed by atoms with Gasteiger partial charge in [-0.1, -0.05) is 6.07 Å². The van der Waals surface area contributed by atoms with Crippen molar-refractivity contribution >= 4 is 21.9 Å². The van der Waals surface area contributed by atoms with Gasteiger partial charge in [0.05, 0.1) is 11.4 Å². The maximum atomic E-state index is 10.9. The maximum absolute atomic E-state index is 10.9. The number of aryl methyl sites for hydroxylation is 2. The van der Waals surface area contributed by atoms with E-state index in [1.165, 1.54) is 4.80 Å². The molecule has 2 rings (SSSR count). The van der Waals surface area contributed by atoms with E-state index in [1.807, 2.05) is 25.1 Å². The summed E-state index contributed by atoms with van der Waals surface area (Å²) in [5, 5.41) is 16.9. The molecule has 0 radical (unpaired) electrons. The molecule has 1 heterocycles. The second-order valence-electron chi connectivity index (χ2n) is 3.68. The smallest absolute Gasteiger partial charge is 0.358 e. The van der Waals surface area contributed by atoms with Gasteiger partial charge in [-0.2, -0.15) is 5.10 Å². The van der Waals surface area contributed by atoms with E-state index in [0.717, 1.165) is 10.0 Å². The third kappa shape index (κ3) is 2.21. The first kappa shape index (κ1) is 11.8. The zero-order valence-corrected chi connectivity index (χ0v) is 10.9. The Kier molecular flexibility index (Phi) is 2.97. The monoisotopic (exact) mass is 295 g/mol. The topological polar surface area (TPSA) is 68.0 Å². The molecule has 5 nitrogen and oxygen atoms in total. The summed E-state index contributed by atoms with van der Waals surface area (Å²) < 4.78 is 0.824. The van der Waals surface area contributed by atoms with Crippen molar-refractivity contribution in [3.63, 3.8) is 0 Å². The molecule has 0 amide bonds. The molecule has 0 spiro atoms. The second kappa shape index (κ2) is 4.29. The molecule has 1 aromatic carbocycles. The zero-order chi connectivity index (χ0) is 12.6. The van der Waals surface area contributed by atoms with Crippen molar-refractivity contribution in [3.8, 4) is 5.69 Å². The molecule has 88 valence electrons. The highest BCUT2D eigenvalue weighted by atomic mass is 79.9. The quantitative estimate of drug-likeness (QED) is 0.923. The highest BCUT2D eigenvalue weighted by molar-refractivity contribution is 9.10. The molecular weight excluding hydrogens is 286 g/mol. The van der Waals surface area contributed by atoms with Crippen LogP contribution in [0.2, 0.25) is 0 Å². The van der Waals surface area contributed by atoms with Crippen molar-refractivity contribution in [1.29, 1.82) is 0 Å². The lowest BCUT2D eigenvalue weighted by Gasteiger charge is -2.03. The van der Waals surface area contributed by atoms with Gasteiger partial charge in [-0.15, -0.1) is 9.90 Å². The number of hydrogen-bond acceptors (Lipinski definition) is 3. The van der Waals surface area contributed by atoms with E-state index in [4.69, 9.17) is 5.11 Å². The molecule has 0 unspecified atom stereocenters. The predicted octanol–water partition coefficient (Wildman–Crippen LogP) is 2.34. The van der Waals surface area contributed by atoms with Gasteiger partial charge >= 0.3 is 5.97 Å². The van der Waals surface area contributed by atoms with Crippen molar-refractivity contribution in [2.75, 3.05) is 0 Å². The van der Waals surface area contributed by atoms with Gasteiger partial charge < -0.3 is 5.11 Å². The van der Waals surface area contributed by atoms with Crippen LogP contribution in [0.15, 0.2) is 22.7 Å². The summed E-state index contributed by atoms with van der Waals surface area (Å²) in [5.74, 6) is -1.07. The minimum absolute atomic E-state index is 0.0301. The van der Waals surface area contributed by atoms with Crippen LogP contribution in [-0.4, -0.2) is 26.1 Å². The molecule has 0 saturated carbocycles. The van der Waals surface area contributed by atoms with Crippen LogP contribution in [0.5, 0.6) is 0 Å². The fourth-order valence-electron chi connectivity index (χ4n) is 1.46. The molecule has 1 aromatic heterocycles. The van der Waals surface area contributed by atoms with Crippen molar-refractivity contribution in [2.24, 2.45) is 0 Å². The number of nitrogens with zero attached hydrogens (tertiary/aromatic N) is 3. The minimum atomic E-state index is -1.07. The fraction of sp³-hybridized carbons (Fsp3) is 0.182. The number of carboxylic acid groups (broad SMARTS) is 1. The van der Waals surface area contributed by atoms with E-state index in [0.29, 0.717) is 11.4 Å². The highest BCUT2D eigenvalue weighted by Crippen LogP contribution is 2.21. The Morgan fingerprint density at radius 1 is 1.35 bits per heavy atom. The summed E-state index contributed by atoms with van der Waals surface area (Å²) in [6.07, 6.45) is 0. The normalized spacial score (nSPS) is 10.5. The van der Waals surface area contributed by atoms with Crippen LogP contribution in [0.3, 0.4) is 0 Å². The standard InChI is InChI=1S/C11H10BrN3O2/c1-6-3-4-9(8(12)5-6)15-13-7(2)10(14-15)11(16)17/h3-5H,1-2H3,(H,16,17). The molecule has 17 heavy (non-hydrogen) atoms. The molecule has 0 aliphatic rings. The Morgan fingerprint density at radius 2 is 2.06 bits per heavy atom. The van der Waals surface area contributed by atoms with E-state index >= 15 is 0 Å². The number of benzene rings is 1. The average molecular weight is 296 g/mol. The largest absolute Gasteiger partial charge is 0.476 e. The molecule has 6 heteroatoms. The third-order valence-corrected chi connectivity index (χ3v) is 2.94. The van der Waals surface area contributed by atoms with Gasteiger partial charge in [0.15, 0.2) is 5.69 Å². The average Bonchev–Trinajstić information content (AvgIpc) is 2.60. The molecule has 0 bridgehead atoms. The van der Waals surface area contributed by atoms with Crippen LogP contribution in [0.4, 0.5) is 0 Å². The highest BCUT2D eigenvalue weighted by Gasteiger charge is 2.15. The first-order chi connectivity index (χ1) is 7.99. The van der Waals surface area contributed by atoms with E-state index < -0.39 is 5.97 Å². The van der Waals surface area contributed by atoms with Crippen molar-refractivity contribution in [2.45, 2.75) is 13.8 Å². The van der Waals surface area contributed by atoms with Crippen molar-refractivity contribution < 1.29 is 9.90 Å². The van der Waals surface area contributed by atoms with Gasteiger partial charge in [-0.3, -0.25) is 0 Å². The minimum Gasteiger partial charge on any atom is -0.476 e. The Morgan fingerprint density at radius 3 is 2.59 bits per heavy atom. The summed E-state index contributed by atoms with van der Waals surface area (Å²) in [6, 6.07) is 5.68. The Hall–Kier alpha value is -1.69. The van der Waals surface area contributed by atoms with E-state index in [9.17, 15) is 4.79 Å². The number of carbonyl (C=O) groups is 1. The van der Waals surface area contributed by atoms with Crippen LogP contribution in [0.25, 0.3) is 5.69 Å². The van der Waals surface area contributed by atoms with Crippen LogP contribution in [-0.2, 0) is 0 Å². The van der Waals surface area contributed by atoms with Gasteiger partial charge in [-0.05, 0) is 47.5 Å². The van der Waals surface area contributed by atoms with Gasteiger partial charge in [0.2, 0.25) is 0 Å². The zero-order valence-electron chi connectivity index (χ0n) is 9.31. The predicted molar refractivity (Wildman–Crippen MR) is 65.5 cm³/mol. The Labute approximate surface area is 106 Å². The van der Waals surface area contributed by atoms with Crippen LogP contribution < -0.4 is 0 Å². The number of hydrogen-bond donors (Lipinski definition) is 1. The maximum Gasteiger partial charge on any atom is 0.358 e. The lowest BCUT2D eigenvalue weighted by atomic mass is 10.2. The lowest BCUT2D eigenvalue weighted by Crippen LogP contribution is -2.03. The number of halogens is 1. The summed E-state index contributed by atoms with van der Waals surface area (Å²) in [5.41, 5.74) is 2.18. The molecular formula is C11H10BrN3O2. The SMILES string of the molecule is Cc1ccc(-n2nc(C)c(C(=O)O)n2)c(Br)c1. The first-order valence-electron chi connectivity index (χ1n) is 4.93. The van der Waals surface area contributed by atoms with Crippen molar-refractivity contribution in [1.82, 2.24) is 15.0 Å². The molecule has 2 aromatic rings. The number of carboxylic acids is 1. The van der Waals surface area contributed by atoms with Crippen LogP contribution >= 0.6 is 15.9 Å². The van der Waals surface area contributed by atoms with Gasteiger partial charge in [0.25, 0.3) is 0 Å². The molecule has 0 atom stereocenters. The van der Waals surface area contributed by atoms with Gasteiger partial charge in [-0.25, -0.2) is 4.79 Å². The summed E-state index contributed by atoms with van der Waals surface area (Å²) >= 11 is 3.41. The fourth-order valence-corrected chi connectivity index (χ4v) is 2.11. The third-order valence-electron chi connectivity index (χ3n) is 2.30. The lowest BCUT2D eigenvalue weighted by molar-refractivity contribution is 0.0689. The van der Waals surface area contributed by atoms with E-state index in [-0.39, 0.29) is 5.69 Å². The number of aromatic nitrogens is 3. The van der Waals surface area contributed by atoms with Gasteiger partial charge in [0, 0.05) is 4.47 Å². The number of rotatable bonds is 2. The van der Waals surface area contributed by atoms with Crippen LogP contribution in [0, 0.1) is 13.8 Å². The molecule has 0 saturated heterocycles. The van der Waals surface area contributed by atoms with E-state index in [2.05, 4.69) is 26.1 Å². The molecule has 0 aliphatic heterocycles. The molecule has 0 fully saturated rings. The summed E-state index contributed by atoms with van der Waals surface area (Å²) in [6.45, 7) is 3.59. The second-order valence-corrected chi connectivity index (χ2v) is 4.54. The Balaban J connectivity index is 2.53. The number of aromatic carboxylic acids is 1. The van der Waals surface area contributed by atoms with Crippen molar-refractivity contribution in [3.05, 3.63) is 39.6 Å². The first-order valence-corrected chi connectivity index (χ1v) is 5.72. The van der Waals surface area contributed by atoms with Crippen LogP contribution in [0.1, 0.15) is 21.7 Å². The Bertz CT molecular complexity index is 592. The summed E-state index contributed by atoms with van der Waals surface area (Å²) in [7, 11) is 0. The van der Waals surface area contributed by atoms with E-state index in [1.54, 1.807) is 6.92 Å². The molecule has 0 aliphatic carbocycles. The molecule has 1 N–H and O–H groups in total.